The normalized spacial score (nSPS) is 11.7. The zero-order valence-electron chi connectivity index (χ0n) is 18.6. The van der Waals surface area contributed by atoms with Crippen molar-refractivity contribution in [2.24, 2.45) is 4.99 Å². The van der Waals surface area contributed by atoms with E-state index in [4.69, 9.17) is 4.74 Å². The number of aryl methyl sites for hydroxylation is 2. The third kappa shape index (κ3) is 9.55. The topological polar surface area (TPSA) is 91.8 Å². The molecule has 0 aromatic heterocycles. The fourth-order valence-corrected chi connectivity index (χ4v) is 4.21. The first-order valence-corrected chi connectivity index (χ1v) is 11.4. The first-order chi connectivity index (χ1) is 14.3. The number of guanidine groups is 1. The Morgan fingerprint density at radius 1 is 1.00 bits per heavy atom. The van der Waals surface area contributed by atoms with Crippen LogP contribution in [0.2, 0.25) is 0 Å². The average Bonchev–Trinajstić information content (AvgIpc) is 2.70. The number of nitrogens with one attached hydrogen (secondary N) is 3. The van der Waals surface area contributed by atoms with Gasteiger partial charge in [-0.05, 0) is 43.5 Å². The highest BCUT2D eigenvalue weighted by molar-refractivity contribution is 14.0. The van der Waals surface area contributed by atoms with Crippen LogP contribution < -0.4 is 15.4 Å². The second-order valence-electron chi connectivity index (χ2n) is 7.14. The maximum Gasteiger partial charge on any atom is 0.240 e. The van der Waals surface area contributed by atoms with Crippen molar-refractivity contribution in [3.8, 4) is 0 Å². The van der Waals surface area contributed by atoms with Gasteiger partial charge in [-0.25, -0.2) is 13.1 Å². The molecule has 3 N–H and O–H groups in total. The van der Waals surface area contributed by atoms with E-state index in [1.165, 1.54) is 23.8 Å². The lowest BCUT2D eigenvalue weighted by molar-refractivity contribution is 0.204. The van der Waals surface area contributed by atoms with Gasteiger partial charge in [0, 0.05) is 33.8 Å². The van der Waals surface area contributed by atoms with E-state index in [-0.39, 0.29) is 35.4 Å². The number of benzene rings is 2. The van der Waals surface area contributed by atoms with Crippen LogP contribution in [0.25, 0.3) is 0 Å². The van der Waals surface area contributed by atoms with E-state index in [9.17, 15) is 8.42 Å². The number of rotatable bonds is 10. The molecule has 0 unspecified atom stereocenters. The van der Waals surface area contributed by atoms with Gasteiger partial charge in [-0.3, -0.25) is 4.99 Å². The van der Waals surface area contributed by atoms with Crippen molar-refractivity contribution in [1.29, 1.82) is 0 Å². The Labute approximate surface area is 203 Å². The van der Waals surface area contributed by atoms with Crippen LogP contribution >= 0.6 is 24.0 Å². The Kier molecular flexibility index (Phi) is 12.1. The highest BCUT2D eigenvalue weighted by Crippen LogP contribution is 2.11. The minimum atomic E-state index is -3.55. The summed E-state index contributed by atoms with van der Waals surface area (Å²) in [5.41, 5.74) is 4.66. The fourth-order valence-electron chi connectivity index (χ4n) is 3.13. The lowest BCUT2D eigenvalue weighted by Crippen LogP contribution is -2.37. The van der Waals surface area contributed by atoms with Gasteiger partial charge in [0.1, 0.15) is 0 Å². The maximum absolute atomic E-state index is 12.4. The van der Waals surface area contributed by atoms with E-state index in [0.29, 0.717) is 19.1 Å². The van der Waals surface area contributed by atoms with Crippen LogP contribution in [0.5, 0.6) is 0 Å². The van der Waals surface area contributed by atoms with Gasteiger partial charge in [0.2, 0.25) is 10.0 Å². The van der Waals surface area contributed by atoms with Crippen molar-refractivity contribution < 1.29 is 13.2 Å². The molecule has 0 atom stereocenters. The van der Waals surface area contributed by atoms with E-state index in [0.717, 1.165) is 18.5 Å². The SMILES string of the molecule is CN=C(NCCc1cc(C)cc(C)c1)NCc1cccc(S(=O)(=O)NCCOC)c1.I. The van der Waals surface area contributed by atoms with Crippen molar-refractivity contribution in [2.45, 2.75) is 31.7 Å². The molecule has 172 valence electrons. The summed E-state index contributed by atoms with van der Waals surface area (Å²) in [5.74, 6) is 0.672. The minimum absolute atomic E-state index is 0. The molecule has 0 saturated carbocycles. The number of methoxy groups -OCH3 is 1. The van der Waals surface area contributed by atoms with Crippen LogP contribution in [0.3, 0.4) is 0 Å². The molecule has 9 heteroatoms. The molecule has 0 fully saturated rings. The molecular formula is C22H33IN4O3S. The predicted octanol–water partition coefficient (Wildman–Crippen LogP) is 2.75. The van der Waals surface area contributed by atoms with Crippen LogP contribution in [0.4, 0.5) is 0 Å². The van der Waals surface area contributed by atoms with Gasteiger partial charge in [0.05, 0.1) is 11.5 Å². The van der Waals surface area contributed by atoms with Gasteiger partial charge in [-0.1, -0.05) is 41.5 Å². The fraction of sp³-hybridized carbons (Fsp3) is 0.409. The van der Waals surface area contributed by atoms with Crippen molar-refractivity contribution in [3.63, 3.8) is 0 Å². The standard InChI is InChI=1S/C22H32N4O3S.HI/c1-17-12-18(2)14-19(13-17)8-9-24-22(23-3)25-16-20-6-5-7-21(15-20)30(27,28)26-10-11-29-4;/h5-7,12-15,26H,8-11,16H2,1-4H3,(H2,23,24,25);1H. The Hall–Kier alpha value is -1.69. The number of aliphatic imine (C=N–C) groups is 1. The number of hydrogen-bond donors (Lipinski definition) is 3. The molecule has 0 amide bonds. The molecule has 31 heavy (non-hydrogen) atoms. The molecule has 2 aromatic rings. The largest absolute Gasteiger partial charge is 0.383 e. The molecule has 0 bridgehead atoms. The summed E-state index contributed by atoms with van der Waals surface area (Å²) in [5, 5.41) is 6.53. The summed E-state index contributed by atoms with van der Waals surface area (Å²) in [6.45, 7) is 5.98. The quantitative estimate of drug-likeness (QED) is 0.180. The summed E-state index contributed by atoms with van der Waals surface area (Å²) in [7, 11) is -0.309. The highest BCUT2D eigenvalue weighted by atomic mass is 127. The summed E-state index contributed by atoms with van der Waals surface area (Å²) in [6.07, 6.45) is 0.893. The predicted molar refractivity (Wildman–Crippen MR) is 137 cm³/mol. The molecule has 7 nitrogen and oxygen atoms in total. The molecule has 0 saturated heterocycles. The van der Waals surface area contributed by atoms with Gasteiger partial charge in [-0.2, -0.15) is 0 Å². The van der Waals surface area contributed by atoms with Crippen LogP contribution in [0.15, 0.2) is 52.4 Å². The van der Waals surface area contributed by atoms with Gasteiger partial charge in [0.15, 0.2) is 5.96 Å². The highest BCUT2D eigenvalue weighted by Gasteiger charge is 2.13. The Morgan fingerprint density at radius 2 is 1.71 bits per heavy atom. The van der Waals surface area contributed by atoms with Crippen molar-refractivity contribution in [3.05, 3.63) is 64.7 Å². The average molecular weight is 561 g/mol. The van der Waals surface area contributed by atoms with Gasteiger partial charge < -0.3 is 15.4 Å². The molecular weight excluding hydrogens is 527 g/mol. The number of nitrogens with zero attached hydrogens (tertiary/aromatic N) is 1. The molecule has 0 aliphatic carbocycles. The Balaban J connectivity index is 0.00000480. The smallest absolute Gasteiger partial charge is 0.240 e. The Morgan fingerprint density at radius 3 is 2.35 bits per heavy atom. The van der Waals surface area contributed by atoms with E-state index >= 15 is 0 Å². The summed E-state index contributed by atoms with van der Waals surface area (Å²) in [4.78, 5) is 4.47. The third-order valence-electron chi connectivity index (χ3n) is 4.48. The van der Waals surface area contributed by atoms with E-state index < -0.39 is 10.0 Å². The maximum atomic E-state index is 12.4. The van der Waals surface area contributed by atoms with Crippen LogP contribution in [0, 0.1) is 13.8 Å². The van der Waals surface area contributed by atoms with Gasteiger partial charge in [-0.15, -0.1) is 24.0 Å². The molecule has 0 spiro atoms. The first kappa shape index (κ1) is 27.3. The zero-order valence-corrected chi connectivity index (χ0v) is 21.7. The minimum Gasteiger partial charge on any atom is -0.383 e. The van der Waals surface area contributed by atoms with Crippen LogP contribution in [-0.4, -0.2) is 48.2 Å². The second kappa shape index (κ2) is 13.7. The van der Waals surface area contributed by atoms with E-state index in [1.54, 1.807) is 25.2 Å². The lowest BCUT2D eigenvalue weighted by Gasteiger charge is -2.13. The molecule has 0 heterocycles. The van der Waals surface area contributed by atoms with Crippen molar-refractivity contribution in [2.75, 3.05) is 33.9 Å². The van der Waals surface area contributed by atoms with Crippen molar-refractivity contribution in [1.82, 2.24) is 15.4 Å². The number of halogens is 1. The lowest BCUT2D eigenvalue weighted by atomic mass is 10.1. The first-order valence-electron chi connectivity index (χ1n) is 9.93. The van der Waals surface area contributed by atoms with Gasteiger partial charge in [0.25, 0.3) is 0 Å². The third-order valence-corrected chi connectivity index (χ3v) is 5.94. The molecule has 2 rings (SSSR count). The number of ether oxygens (including phenoxy) is 1. The summed E-state index contributed by atoms with van der Waals surface area (Å²) >= 11 is 0. The monoisotopic (exact) mass is 560 g/mol. The number of sulfonamides is 1. The van der Waals surface area contributed by atoms with Crippen LogP contribution in [0.1, 0.15) is 22.3 Å². The van der Waals surface area contributed by atoms with Crippen molar-refractivity contribution >= 4 is 40.0 Å². The van der Waals surface area contributed by atoms with E-state index in [1.807, 2.05) is 6.07 Å². The Bertz CT molecular complexity index is 945. The van der Waals surface area contributed by atoms with Crippen LogP contribution in [-0.2, 0) is 27.7 Å². The molecule has 2 aromatic carbocycles. The summed E-state index contributed by atoms with van der Waals surface area (Å²) in [6, 6.07) is 13.4. The molecule has 0 aliphatic rings. The molecule has 0 radical (unpaired) electrons. The van der Waals surface area contributed by atoms with Gasteiger partial charge >= 0.3 is 0 Å². The van der Waals surface area contributed by atoms with E-state index in [2.05, 4.69) is 52.4 Å². The number of hydrogen-bond acceptors (Lipinski definition) is 4. The zero-order chi connectivity index (χ0) is 22.0. The summed E-state index contributed by atoms with van der Waals surface area (Å²) < 4.78 is 32.1. The molecule has 0 aliphatic heterocycles. The second-order valence-corrected chi connectivity index (χ2v) is 8.90.